The maximum absolute atomic E-state index is 10.5. The lowest BCUT2D eigenvalue weighted by atomic mass is 10.3. The van der Waals surface area contributed by atoms with Crippen LogP contribution in [0.4, 0.5) is 6.01 Å². The molecule has 0 bridgehead atoms. The molecule has 0 unspecified atom stereocenters. The van der Waals surface area contributed by atoms with Crippen molar-refractivity contribution in [3.8, 4) is 0 Å². The summed E-state index contributed by atoms with van der Waals surface area (Å²) in [5.41, 5.74) is 0. The number of carboxylic acid groups (broad SMARTS) is 1. The summed E-state index contributed by atoms with van der Waals surface area (Å²) in [6.45, 7) is 6.17. The minimum absolute atomic E-state index is 0.0829. The highest BCUT2D eigenvalue weighted by Crippen LogP contribution is 2.16. The summed E-state index contributed by atoms with van der Waals surface area (Å²) in [4.78, 5) is 16.4. The monoisotopic (exact) mass is 212 g/mol. The first-order valence-electron chi connectivity index (χ1n) is 4.91. The van der Waals surface area contributed by atoms with Gasteiger partial charge in [-0.05, 0) is 20.8 Å². The van der Waals surface area contributed by atoms with Crippen molar-refractivity contribution in [3.63, 3.8) is 0 Å². The molecule has 0 amide bonds. The van der Waals surface area contributed by atoms with Crippen molar-refractivity contribution >= 4 is 12.0 Å². The van der Waals surface area contributed by atoms with Crippen molar-refractivity contribution in [1.29, 1.82) is 0 Å². The zero-order chi connectivity index (χ0) is 11.4. The number of carboxylic acids is 1. The van der Waals surface area contributed by atoms with Crippen LogP contribution in [0.2, 0.25) is 0 Å². The molecule has 0 radical (unpaired) electrons. The molecule has 1 rings (SSSR count). The van der Waals surface area contributed by atoms with Crippen LogP contribution in [0, 0.1) is 6.92 Å². The fraction of sp³-hybridized carbons (Fsp3) is 0.600. The molecule has 0 aromatic carbocycles. The number of rotatable bonds is 5. The molecule has 0 fully saturated rings. The Hall–Kier alpha value is -1.52. The average Bonchev–Trinajstić information content (AvgIpc) is 2.51. The molecule has 5 heteroatoms. The molecular weight excluding hydrogens is 196 g/mol. The number of aliphatic carboxylic acids is 1. The Morgan fingerprint density at radius 3 is 2.73 bits per heavy atom. The van der Waals surface area contributed by atoms with Crippen LogP contribution < -0.4 is 4.90 Å². The van der Waals surface area contributed by atoms with Crippen LogP contribution in [0.25, 0.3) is 0 Å². The van der Waals surface area contributed by atoms with Crippen LogP contribution in [0.15, 0.2) is 10.6 Å². The average molecular weight is 212 g/mol. The number of oxazole rings is 1. The van der Waals surface area contributed by atoms with Gasteiger partial charge in [0.05, 0.1) is 12.6 Å². The topological polar surface area (TPSA) is 66.6 Å². The van der Waals surface area contributed by atoms with Gasteiger partial charge >= 0.3 is 5.97 Å². The highest BCUT2D eigenvalue weighted by molar-refractivity contribution is 5.67. The summed E-state index contributed by atoms with van der Waals surface area (Å²) >= 11 is 0. The van der Waals surface area contributed by atoms with Gasteiger partial charge in [0.15, 0.2) is 0 Å². The Morgan fingerprint density at radius 1 is 1.67 bits per heavy atom. The minimum Gasteiger partial charge on any atom is -0.481 e. The number of hydrogen-bond donors (Lipinski definition) is 1. The number of carbonyl (C=O) groups is 1. The third-order valence-corrected chi connectivity index (χ3v) is 2.04. The van der Waals surface area contributed by atoms with Crippen molar-refractivity contribution < 1.29 is 14.3 Å². The number of hydrogen-bond acceptors (Lipinski definition) is 4. The van der Waals surface area contributed by atoms with Gasteiger partial charge in [0.25, 0.3) is 6.01 Å². The molecule has 84 valence electrons. The summed E-state index contributed by atoms with van der Waals surface area (Å²) < 4.78 is 5.36. The number of anilines is 1. The third-order valence-electron chi connectivity index (χ3n) is 2.04. The molecule has 5 nitrogen and oxygen atoms in total. The molecule has 0 spiro atoms. The predicted octanol–water partition coefficient (Wildman–Crippen LogP) is 1.67. The molecule has 0 aliphatic carbocycles. The van der Waals surface area contributed by atoms with Gasteiger partial charge in [-0.3, -0.25) is 4.79 Å². The van der Waals surface area contributed by atoms with Gasteiger partial charge in [-0.15, -0.1) is 0 Å². The van der Waals surface area contributed by atoms with Crippen molar-refractivity contribution in [3.05, 3.63) is 12.0 Å². The second kappa shape index (κ2) is 4.82. The quantitative estimate of drug-likeness (QED) is 0.804. The standard InChI is InChI=1S/C10H16N2O3/c1-7(2)12(5-4-9(13)14)10-11-6-8(3)15-10/h6-7H,4-5H2,1-3H3,(H,13,14). The molecule has 0 atom stereocenters. The van der Waals surface area contributed by atoms with E-state index in [1.807, 2.05) is 25.7 Å². The van der Waals surface area contributed by atoms with Crippen LogP contribution >= 0.6 is 0 Å². The normalized spacial score (nSPS) is 10.7. The Labute approximate surface area is 88.7 Å². The number of nitrogens with zero attached hydrogens (tertiary/aromatic N) is 2. The minimum atomic E-state index is -0.816. The van der Waals surface area contributed by atoms with Crippen molar-refractivity contribution in [2.24, 2.45) is 0 Å². The molecular formula is C10H16N2O3. The fourth-order valence-electron chi connectivity index (χ4n) is 1.27. The summed E-state index contributed by atoms with van der Waals surface area (Å²) in [6.07, 6.45) is 1.71. The van der Waals surface area contributed by atoms with Crippen LogP contribution in [0.5, 0.6) is 0 Å². The molecule has 1 N–H and O–H groups in total. The van der Waals surface area contributed by atoms with E-state index in [2.05, 4.69) is 4.98 Å². The second-order valence-corrected chi connectivity index (χ2v) is 3.68. The lowest BCUT2D eigenvalue weighted by Gasteiger charge is -2.23. The maximum atomic E-state index is 10.5. The smallest absolute Gasteiger partial charge is 0.305 e. The first-order chi connectivity index (χ1) is 7.00. The molecule has 15 heavy (non-hydrogen) atoms. The Kier molecular flexibility index (Phi) is 3.71. The Balaban J connectivity index is 2.70. The summed E-state index contributed by atoms with van der Waals surface area (Å²) in [7, 11) is 0. The van der Waals surface area contributed by atoms with Gasteiger partial charge in [-0.1, -0.05) is 0 Å². The van der Waals surface area contributed by atoms with Gasteiger partial charge in [0.1, 0.15) is 5.76 Å². The van der Waals surface area contributed by atoms with Gasteiger partial charge in [0.2, 0.25) is 0 Å². The van der Waals surface area contributed by atoms with Crippen molar-refractivity contribution in [1.82, 2.24) is 4.98 Å². The van der Waals surface area contributed by atoms with Crippen LogP contribution in [-0.4, -0.2) is 28.6 Å². The predicted molar refractivity (Wildman–Crippen MR) is 56.0 cm³/mol. The van der Waals surface area contributed by atoms with E-state index in [0.29, 0.717) is 12.6 Å². The van der Waals surface area contributed by atoms with Gasteiger partial charge in [-0.25, -0.2) is 4.98 Å². The number of aromatic nitrogens is 1. The third kappa shape index (κ3) is 3.27. The molecule has 1 heterocycles. The van der Waals surface area contributed by atoms with Gasteiger partial charge < -0.3 is 14.4 Å². The fourth-order valence-corrected chi connectivity index (χ4v) is 1.27. The maximum Gasteiger partial charge on any atom is 0.305 e. The van der Waals surface area contributed by atoms with Gasteiger partial charge in [0, 0.05) is 12.6 Å². The lowest BCUT2D eigenvalue weighted by Crippen LogP contribution is -2.33. The van der Waals surface area contributed by atoms with Crippen molar-refractivity contribution in [2.75, 3.05) is 11.4 Å². The summed E-state index contributed by atoms with van der Waals surface area (Å²) in [5, 5.41) is 8.62. The van der Waals surface area contributed by atoms with E-state index in [-0.39, 0.29) is 12.5 Å². The van der Waals surface area contributed by atoms with Crippen LogP contribution in [0.1, 0.15) is 26.0 Å². The Bertz CT molecular complexity index is 333. The van der Waals surface area contributed by atoms with E-state index in [1.165, 1.54) is 0 Å². The first-order valence-corrected chi connectivity index (χ1v) is 4.91. The second-order valence-electron chi connectivity index (χ2n) is 3.68. The highest BCUT2D eigenvalue weighted by Gasteiger charge is 2.16. The van der Waals surface area contributed by atoms with Gasteiger partial charge in [-0.2, -0.15) is 0 Å². The van der Waals surface area contributed by atoms with E-state index in [1.54, 1.807) is 6.20 Å². The SMILES string of the molecule is Cc1cnc(N(CCC(=O)O)C(C)C)o1. The van der Waals surface area contributed by atoms with E-state index < -0.39 is 5.97 Å². The highest BCUT2D eigenvalue weighted by atomic mass is 16.4. The lowest BCUT2D eigenvalue weighted by molar-refractivity contribution is -0.136. The van der Waals surface area contributed by atoms with Crippen molar-refractivity contribution in [2.45, 2.75) is 33.2 Å². The number of aryl methyl sites for hydroxylation is 1. The molecule has 1 aromatic rings. The summed E-state index contributed by atoms with van der Waals surface area (Å²) in [6, 6.07) is 0.658. The largest absolute Gasteiger partial charge is 0.481 e. The Morgan fingerprint density at radius 2 is 2.33 bits per heavy atom. The van der Waals surface area contributed by atoms with Crippen LogP contribution in [-0.2, 0) is 4.79 Å². The van der Waals surface area contributed by atoms with Crippen LogP contribution in [0.3, 0.4) is 0 Å². The zero-order valence-corrected chi connectivity index (χ0v) is 9.23. The molecule has 0 aliphatic rings. The first kappa shape index (κ1) is 11.6. The van der Waals surface area contributed by atoms with E-state index in [0.717, 1.165) is 5.76 Å². The molecule has 1 aromatic heterocycles. The summed E-state index contributed by atoms with van der Waals surface area (Å²) in [5.74, 6) is -0.0881. The molecule has 0 aliphatic heterocycles. The van der Waals surface area contributed by atoms with E-state index in [4.69, 9.17) is 9.52 Å². The van der Waals surface area contributed by atoms with E-state index >= 15 is 0 Å². The zero-order valence-electron chi connectivity index (χ0n) is 9.23. The molecule has 0 saturated heterocycles. The van der Waals surface area contributed by atoms with E-state index in [9.17, 15) is 4.79 Å². The molecule has 0 saturated carbocycles.